The summed E-state index contributed by atoms with van der Waals surface area (Å²) in [5.74, 6) is -0.125. The van der Waals surface area contributed by atoms with Gasteiger partial charge in [-0.05, 0) is 63.3 Å². The van der Waals surface area contributed by atoms with E-state index in [1.54, 1.807) is 13.0 Å². The molecule has 3 aromatic rings. The average molecular weight is 426 g/mol. The molecule has 1 saturated heterocycles. The van der Waals surface area contributed by atoms with Crippen molar-refractivity contribution in [1.82, 2.24) is 19.6 Å². The summed E-state index contributed by atoms with van der Waals surface area (Å²) in [6.45, 7) is 4.76. The number of ether oxygens (including phenoxy) is 1. The van der Waals surface area contributed by atoms with Gasteiger partial charge in [-0.3, -0.25) is 4.98 Å². The maximum atomic E-state index is 14.1. The van der Waals surface area contributed by atoms with Crippen LogP contribution in [-0.2, 0) is 11.2 Å². The van der Waals surface area contributed by atoms with Crippen molar-refractivity contribution in [2.75, 3.05) is 18.1 Å². The first-order chi connectivity index (χ1) is 15.0. The zero-order valence-electron chi connectivity index (χ0n) is 17.8. The molecule has 1 fully saturated rings. The number of aryl methyl sites for hydroxylation is 1. The van der Waals surface area contributed by atoms with Gasteiger partial charge in [0.2, 0.25) is 0 Å². The summed E-state index contributed by atoms with van der Waals surface area (Å²) < 4.78 is 20.7. The Labute approximate surface area is 180 Å². The molecule has 0 spiro atoms. The molecule has 3 aromatic heterocycles. The molecule has 0 saturated carbocycles. The number of hydrogen-bond acceptors (Lipinski definition) is 7. The predicted octanol–water partition coefficient (Wildman–Crippen LogP) is 3.06. The first kappa shape index (κ1) is 21.2. The molecule has 0 radical (unpaired) electrons. The first-order valence-electron chi connectivity index (χ1n) is 10.7. The van der Waals surface area contributed by atoms with E-state index in [2.05, 4.69) is 20.0 Å². The number of pyridine rings is 1. The number of hydrogen-bond donors (Lipinski definition) is 1. The Balaban J connectivity index is 1.69. The number of nitrogens with two attached hydrogens (primary N) is 1. The van der Waals surface area contributed by atoms with Crippen LogP contribution < -0.4 is 10.6 Å². The second kappa shape index (κ2) is 8.97. The molecule has 1 aliphatic heterocycles. The van der Waals surface area contributed by atoms with Crippen molar-refractivity contribution in [2.24, 2.45) is 5.73 Å². The normalized spacial score (nSPS) is 17.3. The number of imidazole rings is 1. The lowest BCUT2D eigenvalue weighted by Crippen LogP contribution is -2.26. The van der Waals surface area contributed by atoms with E-state index in [1.165, 1.54) is 16.9 Å². The minimum atomic E-state index is -0.467. The summed E-state index contributed by atoms with van der Waals surface area (Å²) in [6, 6.07) is 5.27. The molecule has 0 bridgehead atoms. The van der Waals surface area contributed by atoms with E-state index < -0.39 is 5.97 Å². The van der Waals surface area contributed by atoms with Crippen molar-refractivity contribution in [1.29, 1.82) is 0 Å². The van der Waals surface area contributed by atoms with Crippen LogP contribution in [0, 0.1) is 5.82 Å². The zero-order chi connectivity index (χ0) is 22.0. The third-order valence-electron chi connectivity index (χ3n) is 5.55. The van der Waals surface area contributed by atoms with E-state index in [-0.39, 0.29) is 30.2 Å². The molecule has 2 atom stereocenters. The Kier molecular flexibility index (Phi) is 6.13. The minimum Gasteiger partial charge on any atom is -0.461 e. The molecule has 31 heavy (non-hydrogen) atoms. The molecule has 4 heterocycles. The van der Waals surface area contributed by atoms with E-state index in [9.17, 15) is 9.18 Å². The number of nitrogens with zero attached hydrogens (tertiary/aromatic N) is 5. The van der Waals surface area contributed by atoms with Crippen LogP contribution in [0.4, 0.5) is 10.2 Å². The first-order valence-corrected chi connectivity index (χ1v) is 10.7. The number of esters is 1. The van der Waals surface area contributed by atoms with Gasteiger partial charge < -0.3 is 15.4 Å². The highest BCUT2D eigenvalue weighted by Crippen LogP contribution is 2.37. The third-order valence-corrected chi connectivity index (χ3v) is 5.55. The highest BCUT2D eigenvalue weighted by atomic mass is 19.1. The maximum Gasteiger partial charge on any atom is 0.358 e. The summed E-state index contributed by atoms with van der Waals surface area (Å²) in [5, 5.41) is 4.67. The van der Waals surface area contributed by atoms with Gasteiger partial charge in [0.1, 0.15) is 11.6 Å². The molecule has 8 nitrogen and oxygen atoms in total. The summed E-state index contributed by atoms with van der Waals surface area (Å²) in [7, 11) is 0. The SMILES string of the molecule is CCOC(=O)c1cnc2ccc(N3CCCC3c3cc(F)cnc3CC[C@@H](C)N)nn12. The van der Waals surface area contributed by atoms with Gasteiger partial charge >= 0.3 is 5.97 Å². The van der Waals surface area contributed by atoms with Crippen LogP contribution in [0.3, 0.4) is 0 Å². The molecular weight excluding hydrogens is 399 g/mol. The third kappa shape index (κ3) is 4.36. The topological polar surface area (TPSA) is 98.6 Å². The molecule has 1 aliphatic rings. The van der Waals surface area contributed by atoms with Crippen molar-refractivity contribution in [3.8, 4) is 0 Å². The largest absolute Gasteiger partial charge is 0.461 e. The summed E-state index contributed by atoms with van der Waals surface area (Å²) >= 11 is 0. The van der Waals surface area contributed by atoms with Crippen molar-refractivity contribution >= 4 is 17.4 Å². The van der Waals surface area contributed by atoms with Crippen LogP contribution in [0.1, 0.15) is 60.9 Å². The summed E-state index contributed by atoms with van der Waals surface area (Å²) in [4.78, 5) is 23.0. The Morgan fingerprint density at radius 2 is 2.19 bits per heavy atom. The highest BCUT2D eigenvalue weighted by Gasteiger charge is 2.30. The van der Waals surface area contributed by atoms with E-state index in [0.29, 0.717) is 17.9 Å². The molecular formula is C22H27FN6O2. The fraction of sp³-hybridized carbons (Fsp3) is 0.455. The Hall–Kier alpha value is -3.07. The predicted molar refractivity (Wildman–Crippen MR) is 114 cm³/mol. The van der Waals surface area contributed by atoms with Crippen LogP contribution in [-0.4, -0.2) is 44.7 Å². The Morgan fingerprint density at radius 3 is 2.97 bits per heavy atom. The van der Waals surface area contributed by atoms with Gasteiger partial charge in [-0.1, -0.05) is 0 Å². The molecule has 2 N–H and O–H groups in total. The van der Waals surface area contributed by atoms with Gasteiger partial charge in [0.15, 0.2) is 11.3 Å². The van der Waals surface area contributed by atoms with E-state index in [1.807, 2.05) is 19.1 Å². The van der Waals surface area contributed by atoms with E-state index >= 15 is 0 Å². The standard InChI is InChI=1S/C22H27FN6O2/c1-3-31-22(30)19-13-26-20-8-9-21(27-29(19)20)28-10-4-5-18(28)16-11-15(23)12-25-17(16)7-6-14(2)24/h8-9,11-14,18H,3-7,10,24H2,1-2H3/t14-,18?/m1/s1. The lowest BCUT2D eigenvalue weighted by molar-refractivity contribution is 0.0516. The number of carbonyl (C=O) groups is 1. The number of halogens is 1. The van der Waals surface area contributed by atoms with Gasteiger partial charge in [-0.15, -0.1) is 5.10 Å². The van der Waals surface area contributed by atoms with Crippen LogP contribution in [0.15, 0.2) is 30.6 Å². The molecule has 0 aliphatic carbocycles. The lowest BCUT2D eigenvalue weighted by Gasteiger charge is -2.27. The second-order valence-electron chi connectivity index (χ2n) is 7.88. The van der Waals surface area contributed by atoms with Gasteiger partial charge in [0.25, 0.3) is 0 Å². The van der Waals surface area contributed by atoms with E-state index in [0.717, 1.165) is 37.1 Å². The van der Waals surface area contributed by atoms with Crippen LogP contribution in [0.25, 0.3) is 5.65 Å². The summed E-state index contributed by atoms with van der Waals surface area (Å²) in [5.41, 5.74) is 8.50. The van der Waals surface area contributed by atoms with Crippen LogP contribution in [0.2, 0.25) is 0 Å². The van der Waals surface area contributed by atoms with Gasteiger partial charge in [0.05, 0.1) is 25.0 Å². The fourth-order valence-corrected chi connectivity index (χ4v) is 4.07. The van der Waals surface area contributed by atoms with Crippen molar-refractivity contribution < 1.29 is 13.9 Å². The van der Waals surface area contributed by atoms with Gasteiger partial charge in [0, 0.05) is 18.3 Å². The smallest absolute Gasteiger partial charge is 0.358 e. The molecule has 4 rings (SSSR count). The van der Waals surface area contributed by atoms with E-state index in [4.69, 9.17) is 10.5 Å². The molecule has 9 heteroatoms. The molecule has 1 unspecified atom stereocenters. The van der Waals surface area contributed by atoms with Crippen LogP contribution >= 0.6 is 0 Å². The molecule has 0 amide bonds. The van der Waals surface area contributed by atoms with Crippen LogP contribution in [0.5, 0.6) is 0 Å². The Morgan fingerprint density at radius 1 is 1.35 bits per heavy atom. The molecule has 0 aromatic carbocycles. The zero-order valence-corrected chi connectivity index (χ0v) is 17.8. The Bertz CT molecular complexity index is 1080. The minimum absolute atomic E-state index is 0.0472. The monoisotopic (exact) mass is 426 g/mol. The second-order valence-corrected chi connectivity index (χ2v) is 7.88. The van der Waals surface area contributed by atoms with Gasteiger partial charge in [-0.25, -0.2) is 18.7 Å². The quantitative estimate of drug-likeness (QED) is 0.580. The maximum absolute atomic E-state index is 14.1. The molecule has 164 valence electrons. The number of fused-ring (bicyclic) bond motifs is 1. The fourth-order valence-electron chi connectivity index (χ4n) is 4.07. The number of anilines is 1. The highest BCUT2D eigenvalue weighted by molar-refractivity contribution is 5.88. The number of carbonyl (C=O) groups excluding carboxylic acids is 1. The van der Waals surface area contributed by atoms with Crippen molar-refractivity contribution in [3.63, 3.8) is 0 Å². The van der Waals surface area contributed by atoms with Gasteiger partial charge in [-0.2, -0.15) is 0 Å². The number of aromatic nitrogens is 4. The van der Waals surface area contributed by atoms with Crippen molar-refractivity contribution in [2.45, 2.75) is 51.6 Å². The average Bonchev–Trinajstić information content (AvgIpc) is 3.39. The van der Waals surface area contributed by atoms with Crippen molar-refractivity contribution in [3.05, 3.63) is 53.4 Å². The lowest BCUT2D eigenvalue weighted by atomic mass is 9.98. The summed E-state index contributed by atoms with van der Waals surface area (Å²) in [6.07, 6.45) is 6.01. The number of rotatable bonds is 7.